The molecule has 1 N–H and O–H groups in total. The van der Waals surface area contributed by atoms with E-state index in [0.717, 1.165) is 5.92 Å². The fraction of sp³-hybridized carbons (Fsp3) is 0.385. The summed E-state index contributed by atoms with van der Waals surface area (Å²) in [7, 11) is 0. The Morgan fingerprint density at radius 3 is 3.07 bits per heavy atom. The van der Waals surface area contributed by atoms with E-state index in [2.05, 4.69) is 48.7 Å². The van der Waals surface area contributed by atoms with Gasteiger partial charge in [0.2, 0.25) is 0 Å². The Labute approximate surface area is 84.8 Å². The molecule has 0 amide bonds. The molecule has 0 aromatic heterocycles. The first-order valence-corrected chi connectivity index (χ1v) is 5.38. The molecule has 1 aliphatic heterocycles. The van der Waals surface area contributed by atoms with E-state index in [1.165, 1.54) is 17.7 Å². The van der Waals surface area contributed by atoms with Crippen LogP contribution in [-0.2, 0) is 0 Å². The molecule has 3 unspecified atom stereocenters. The first kappa shape index (κ1) is 8.10. The van der Waals surface area contributed by atoms with Gasteiger partial charge in [-0.1, -0.05) is 30.4 Å². The summed E-state index contributed by atoms with van der Waals surface area (Å²) in [6, 6.07) is 9.29. The van der Waals surface area contributed by atoms with E-state index in [4.69, 9.17) is 0 Å². The molecule has 0 spiro atoms. The van der Waals surface area contributed by atoms with Crippen LogP contribution >= 0.6 is 0 Å². The molecule has 3 atom stereocenters. The van der Waals surface area contributed by atoms with Crippen molar-refractivity contribution in [2.24, 2.45) is 5.92 Å². The van der Waals surface area contributed by atoms with Gasteiger partial charge in [0.15, 0.2) is 0 Å². The number of rotatable bonds is 0. The van der Waals surface area contributed by atoms with Crippen molar-refractivity contribution in [3.63, 3.8) is 0 Å². The van der Waals surface area contributed by atoms with Gasteiger partial charge in [-0.05, 0) is 30.9 Å². The van der Waals surface area contributed by atoms with Crippen molar-refractivity contribution in [3.8, 4) is 0 Å². The van der Waals surface area contributed by atoms with E-state index < -0.39 is 0 Å². The lowest BCUT2D eigenvalue weighted by atomic mass is 9.80. The number of nitrogens with one attached hydrogen (secondary N) is 1. The Morgan fingerprint density at radius 1 is 1.29 bits per heavy atom. The molecule has 0 saturated heterocycles. The largest absolute Gasteiger partial charge is 0.382 e. The van der Waals surface area contributed by atoms with Crippen molar-refractivity contribution < 1.29 is 0 Å². The van der Waals surface area contributed by atoms with E-state index in [1.54, 1.807) is 0 Å². The number of anilines is 1. The number of benzene rings is 1. The van der Waals surface area contributed by atoms with Crippen LogP contribution in [0.3, 0.4) is 0 Å². The van der Waals surface area contributed by atoms with Crippen molar-refractivity contribution in [1.82, 2.24) is 0 Å². The van der Waals surface area contributed by atoms with Crippen molar-refractivity contribution in [1.29, 1.82) is 0 Å². The molecule has 1 nitrogen and oxygen atoms in total. The molecule has 0 radical (unpaired) electrons. The van der Waals surface area contributed by atoms with Crippen LogP contribution in [0.1, 0.15) is 24.8 Å². The summed E-state index contributed by atoms with van der Waals surface area (Å²) >= 11 is 0. The van der Waals surface area contributed by atoms with Gasteiger partial charge in [0.1, 0.15) is 0 Å². The maximum atomic E-state index is 3.59. The monoisotopic (exact) mass is 185 g/mol. The topological polar surface area (TPSA) is 12.0 Å². The summed E-state index contributed by atoms with van der Waals surface area (Å²) in [6.45, 7) is 2.29. The highest BCUT2D eigenvalue weighted by molar-refractivity contribution is 5.58. The van der Waals surface area contributed by atoms with Crippen molar-refractivity contribution in [2.75, 3.05) is 5.32 Å². The summed E-state index contributed by atoms with van der Waals surface area (Å²) in [5.74, 6) is 1.42. The highest BCUT2D eigenvalue weighted by Gasteiger charge is 2.34. The number of fused-ring (bicyclic) bond motifs is 3. The average molecular weight is 185 g/mol. The second-order valence-electron chi connectivity index (χ2n) is 4.37. The van der Waals surface area contributed by atoms with Crippen molar-refractivity contribution in [3.05, 3.63) is 42.0 Å². The zero-order valence-corrected chi connectivity index (χ0v) is 8.40. The van der Waals surface area contributed by atoms with Gasteiger partial charge in [-0.3, -0.25) is 0 Å². The number of para-hydroxylation sites is 1. The standard InChI is InChI=1S/C13H15N/c1-9-10-6-4-7-11(10)12-5-2-3-8-13(12)14-9/h2-5,7-11,14H,6H2,1H3. The summed E-state index contributed by atoms with van der Waals surface area (Å²) in [5, 5.41) is 3.59. The van der Waals surface area contributed by atoms with Crippen LogP contribution in [0.25, 0.3) is 0 Å². The molecule has 1 heteroatoms. The highest BCUT2D eigenvalue weighted by Crippen LogP contribution is 2.43. The molecule has 0 bridgehead atoms. The summed E-state index contributed by atoms with van der Waals surface area (Å²) in [5.41, 5.74) is 2.80. The smallest absolute Gasteiger partial charge is 0.0381 e. The van der Waals surface area contributed by atoms with Crippen LogP contribution in [0, 0.1) is 5.92 Å². The van der Waals surface area contributed by atoms with Gasteiger partial charge in [-0.2, -0.15) is 0 Å². The maximum Gasteiger partial charge on any atom is 0.0381 e. The molecule has 14 heavy (non-hydrogen) atoms. The van der Waals surface area contributed by atoms with Crippen molar-refractivity contribution in [2.45, 2.75) is 25.3 Å². The molecule has 72 valence electrons. The molecular formula is C13H15N. The van der Waals surface area contributed by atoms with Gasteiger partial charge in [-0.15, -0.1) is 0 Å². The number of hydrogen-bond acceptors (Lipinski definition) is 1. The Morgan fingerprint density at radius 2 is 2.14 bits per heavy atom. The van der Waals surface area contributed by atoms with E-state index in [9.17, 15) is 0 Å². The molecule has 1 aromatic rings. The predicted molar refractivity (Wildman–Crippen MR) is 59.5 cm³/mol. The van der Waals surface area contributed by atoms with E-state index in [0.29, 0.717) is 12.0 Å². The van der Waals surface area contributed by atoms with E-state index in [1.807, 2.05) is 0 Å². The van der Waals surface area contributed by atoms with Crippen LogP contribution in [0.15, 0.2) is 36.4 Å². The van der Waals surface area contributed by atoms with Gasteiger partial charge in [0.05, 0.1) is 0 Å². The van der Waals surface area contributed by atoms with Crippen LogP contribution < -0.4 is 5.32 Å². The van der Waals surface area contributed by atoms with Crippen LogP contribution in [0.4, 0.5) is 5.69 Å². The minimum Gasteiger partial charge on any atom is -0.382 e. The lowest BCUT2D eigenvalue weighted by Crippen LogP contribution is -2.33. The fourth-order valence-electron chi connectivity index (χ4n) is 2.79. The van der Waals surface area contributed by atoms with Gasteiger partial charge in [0, 0.05) is 17.6 Å². The van der Waals surface area contributed by atoms with Crippen LogP contribution in [0.2, 0.25) is 0 Å². The second-order valence-corrected chi connectivity index (χ2v) is 4.37. The summed E-state index contributed by atoms with van der Waals surface area (Å²) in [6.07, 6.45) is 5.93. The average Bonchev–Trinajstić information content (AvgIpc) is 2.67. The molecule has 1 aromatic carbocycles. The van der Waals surface area contributed by atoms with Gasteiger partial charge >= 0.3 is 0 Å². The molecule has 2 aliphatic rings. The van der Waals surface area contributed by atoms with Crippen LogP contribution in [0.5, 0.6) is 0 Å². The Bertz CT molecular complexity index is 381. The zero-order valence-electron chi connectivity index (χ0n) is 8.40. The van der Waals surface area contributed by atoms with E-state index >= 15 is 0 Å². The minimum atomic E-state index is 0.602. The minimum absolute atomic E-state index is 0.602. The lowest BCUT2D eigenvalue weighted by Gasteiger charge is -2.35. The first-order valence-electron chi connectivity index (χ1n) is 5.38. The quantitative estimate of drug-likeness (QED) is 0.612. The predicted octanol–water partition coefficient (Wildman–Crippen LogP) is 3.16. The third-order valence-electron chi connectivity index (χ3n) is 3.56. The maximum absolute atomic E-state index is 3.59. The Kier molecular flexibility index (Phi) is 1.66. The molecule has 3 rings (SSSR count). The molecule has 0 fully saturated rings. The molecule has 1 aliphatic carbocycles. The SMILES string of the molecule is CC1Nc2ccccc2C2C=CCC12. The molecule has 0 saturated carbocycles. The van der Waals surface area contributed by atoms with Gasteiger partial charge in [0.25, 0.3) is 0 Å². The normalized spacial score (nSPS) is 33.4. The highest BCUT2D eigenvalue weighted by atomic mass is 14.9. The Hall–Kier alpha value is -1.24. The number of hydrogen-bond donors (Lipinski definition) is 1. The first-order chi connectivity index (χ1) is 6.86. The zero-order chi connectivity index (χ0) is 9.54. The fourth-order valence-corrected chi connectivity index (χ4v) is 2.79. The molecular weight excluding hydrogens is 170 g/mol. The van der Waals surface area contributed by atoms with Crippen LogP contribution in [-0.4, -0.2) is 6.04 Å². The lowest BCUT2D eigenvalue weighted by molar-refractivity contribution is 0.437. The third-order valence-corrected chi connectivity index (χ3v) is 3.56. The molecule has 1 heterocycles. The van der Waals surface area contributed by atoms with E-state index in [-0.39, 0.29) is 0 Å². The summed E-state index contributed by atoms with van der Waals surface area (Å²) in [4.78, 5) is 0. The Balaban J connectivity index is 2.11. The third kappa shape index (κ3) is 1.02. The van der Waals surface area contributed by atoms with Gasteiger partial charge < -0.3 is 5.32 Å². The summed E-state index contributed by atoms with van der Waals surface area (Å²) < 4.78 is 0. The number of allylic oxidation sites excluding steroid dienone is 2. The van der Waals surface area contributed by atoms with Crippen molar-refractivity contribution >= 4 is 5.69 Å². The van der Waals surface area contributed by atoms with Gasteiger partial charge in [-0.25, -0.2) is 0 Å². The second kappa shape index (κ2) is 2.88.